The number of carbonyl (C=O) groups is 1. The van der Waals surface area contributed by atoms with Gasteiger partial charge >= 0.3 is 5.97 Å². The van der Waals surface area contributed by atoms with E-state index in [1.807, 2.05) is 0 Å². The lowest BCUT2D eigenvalue weighted by Crippen LogP contribution is -2.46. The van der Waals surface area contributed by atoms with Crippen LogP contribution >= 0.6 is 0 Å². The maximum Gasteiger partial charge on any atom is 0.327 e. The second-order valence-electron chi connectivity index (χ2n) is 5.57. The molecule has 1 aromatic rings. The van der Waals surface area contributed by atoms with E-state index in [1.54, 1.807) is 20.8 Å². The van der Waals surface area contributed by atoms with Crippen LogP contribution in [0.1, 0.15) is 20.8 Å². The first kappa shape index (κ1) is 18.4. The van der Waals surface area contributed by atoms with Gasteiger partial charge in [-0.3, -0.25) is 4.79 Å². The van der Waals surface area contributed by atoms with Crippen LogP contribution in [0.15, 0.2) is 29.2 Å². The molecule has 0 heterocycles. The lowest BCUT2D eigenvalue weighted by Gasteiger charge is -2.23. The molecule has 2 N–H and O–H groups in total. The number of benzene rings is 1. The van der Waals surface area contributed by atoms with Gasteiger partial charge in [-0.25, -0.2) is 8.42 Å². The van der Waals surface area contributed by atoms with Gasteiger partial charge in [0, 0.05) is 0 Å². The Labute approximate surface area is 130 Å². The van der Waals surface area contributed by atoms with E-state index in [0.717, 1.165) is 0 Å². The fraction of sp³-hybridized carbons (Fsp3) is 0.500. The Morgan fingerprint density at radius 2 is 1.82 bits per heavy atom. The first-order chi connectivity index (χ1) is 10.1. The second kappa shape index (κ2) is 7.08. The average molecular weight is 331 g/mol. The number of hydrogen-bond donors (Lipinski definition) is 2. The molecule has 0 radical (unpaired) electrons. The largest absolute Gasteiger partial charge is 0.497 e. The van der Waals surface area contributed by atoms with Crippen LogP contribution in [0.2, 0.25) is 0 Å². The van der Waals surface area contributed by atoms with Gasteiger partial charge in [-0.2, -0.15) is 4.72 Å². The maximum atomic E-state index is 12.2. The van der Waals surface area contributed by atoms with Gasteiger partial charge in [0.2, 0.25) is 10.0 Å². The Kier molecular flexibility index (Phi) is 5.92. The van der Waals surface area contributed by atoms with Crippen LogP contribution in [0.4, 0.5) is 0 Å². The van der Waals surface area contributed by atoms with Crippen LogP contribution in [0.3, 0.4) is 0 Å². The van der Waals surface area contributed by atoms with Gasteiger partial charge in [0.25, 0.3) is 0 Å². The fourth-order valence-corrected chi connectivity index (χ4v) is 2.72. The van der Waals surface area contributed by atoms with Crippen LogP contribution in [-0.4, -0.2) is 44.9 Å². The number of sulfonamides is 1. The molecule has 7 nitrogen and oxygen atoms in total. The highest BCUT2D eigenvalue weighted by Crippen LogP contribution is 2.16. The van der Waals surface area contributed by atoms with E-state index < -0.39 is 34.2 Å². The summed E-state index contributed by atoms with van der Waals surface area (Å²) in [7, 11) is -2.50. The molecule has 0 saturated carbocycles. The fourth-order valence-electron chi connectivity index (χ4n) is 1.54. The monoisotopic (exact) mass is 331 g/mol. The summed E-state index contributed by atoms with van der Waals surface area (Å²) in [5.74, 6) is -0.336. The van der Waals surface area contributed by atoms with Gasteiger partial charge in [0.15, 0.2) is 0 Å². The number of aliphatic hydroxyl groups excluding tert-OH is 1. The second-order valence-corrected chi connectivity index (χ2v) is 7.28. The van der Waals surface area contributed by atoms with Crippen molar-refractivity contribution in [1.82, 2.24) is 4.72 Å². The standard InChI is InChI=1S/C14H21NO6S/c1-14(2,3)21-13(17)12(9-16)15-22(18,19)11-7-5-10(20-4)6-8-11/h5-8,12,15-16H,9H2,1-4H3/t12-/m0/s1. The predicted molar refractivity (Wildman–Crippen MR) is 80.0 cm³/mol. The number of methoxy groups -OCH3 is 1. The summed E-state index contributed by atoms with van der Waals surface area (Å²) in [6, 6.07) is 4.27. The van der Waals surface area contributed by atoms with Crippen molar-refractivity contribution in [2.45, 2.75) is 37.3 Å². The van der Waals surface area contributed by atoms with Crippen molar-refractivity contribution < 1.29 is 27.8 Å². The van der Waals surface area contributed by atoms with Gasteiger partial charge < -0.3 is 14.6 Å². The minimum Gasteiger partial charge on any atom is -0.497 e. The van der Waals surface area contributed by atoms with Gasteiger partial charge in [-0.1, -0.05) is 0 Å². The quantitative estimate of drug-likeness (QED) is 0.743. The SMILES string of the molecule is COc1ccc(S(=O)(=O)N[C@@H](CO)C(=O)OC(C)(C)C)cc1. The first-order valence-corrected chi connectivity index (χ1v) is 8.07. The van der Waals surface area contributed by atoms with Gasteiger partial charge in [-0.15, -0.1) is 0 Å². The number of hydrogen-bond acceptors (Lipinski definition) is 6. The van der Waals surface area contributed by atoms with E-state index in [-0.39, 0.29) is 4.90 Å². The normalized spacial score (nSPS) is 13.5. The highest BCUT2D eigenvalue weighted by atomic mass is 32.2. The molecule has 0 bridgehead atoms. The number of ether oxygens (including phenoxy) is 2. The molecule has 1 rings (SSSR count). The lowest BCUT2D eigenvalue weighted by molar-refractivity contribution is -0.157. The van der Waals surface area contributed by atoms with Crippen LogP contribution in [0, 0.1) is 0 Å². The number of carbonyl (C=O) groups excluding carboxylic acids is 1. The van der Waals surface area contributed by atoms with Crippen LogP contribution < -0.4 is 9.46 Å². The summed E-state index contributed by atoms with van der Waals surface area (Å²) < 4.78 is 36.5. The van der Waals surface area contributed by atoms with Crippen molar-refractivity contribution in [3.05, 3.63) is 24.3 Å². The van der Waals surface area contributed by atoms with E-state index in [1.165, 1.54) is 31.4 Å². The van der Waals surface area contributed by atoms with Gasteiger partial charge in [0.1, 0.15) is 17.4 Å². The van der Waals surface area contributed by atoms with E-state index in [2.05, 4.69) is 4.72 Å². The average Bonchev–Trinajstić information content (AvgIpc) is 2.43. The Morgan fingerprint density at radius 1 is 1.27 bits per heavy atom. The summed E-state index contributed by atoms with van der Waals surface area (Å²) in [5, 5.41) is 9.24. The molecule has 124 valence electrons. The van der Waals surface area contributed by atoms with Crippen LogP contribution in [0.25, 0.3) is 0 Å². The molecule has 0 aliphatic heterocycles. The minimum atomic E-state index is -3.96. The van der Waals surface area contributed by atoms with E-state index in [4.69, 9.17) is 9.47 Å². The molecule has 0 aromatic heterocycles. The molecule has 0 saturated heterocycles. The van der Waals surface area contributed by atoms with Crippen molar-refractivity contribution in [2.75, 3.05) is 13.7 Å². The molecule has 22 heavy (non-hydrogen) atoms. The smallest absolute Gasteiger partial charge is 0.327 e. The van der Waals surface area contributed by atoms with Crippen molar-refractivity contribution in [1.29, 1.82) is 0 Å². The summed E-state index contributed by atoms with van der Waals surface area (Å²) in [6.45, 7) is 4.25. The van der Waals surface area contributed by atoms with Crippen molar-refractivity contribution >= 4 is 16.0 Å². The van der Waals surface area contributed by atoms with Crippen LogP contribution in [0.5, 0.6) is 5.75 Å². The van der Waals surface area contributed by atoms with E-state index in [9.17, 15) is 18.3 Å². The topological polar surface area (TPSA) is 102 Å². The number of esters is 1. The molecular formula is C14H21NO6S. The molecule has 0 unspecified atom stereocenters. The Balaban J connectivity index is 2.90. The third-order valence-electron chi connectivity index (χ3n) is 2.54. The summed E-state index contributed by atoms with van der Waals surface area (Å²) in [4.78, 5) is 11.8. The van der Waals surface area contributed by atoms with E-state index >= 15 is 0 Å². The van der Waals surface area contributed by atoms with Gasteiger partial charge in [0.05, 0.1) is 18.6 Å². The molecule has 1 aromatic carbocycles. The van der Waals surface area contributed by atoms with Gasteiger partial charge in [-0.05, 0) is 45.0 Å². The third-order valence-corrected chi connectivity index (χ3v) is 4.03. The number of rotatable bonds is 6. The molecule has 0 spiro atoms. The van der Waals surface area contributed by atoms with Crippen molar-refractivity contribution in [3.8, 4) is 5.75 Å². The molecule has 0 aliphatic rings. The highest BCUT2D eigenvalue weighted by molar-refractivity contribution is 7.89. The van der Waals surface area contributed by atoms with Crippen molar-refractivity contribution in [2.24, 2.45) is 0 Å². The molecule has 0 aliphatic carbocycles. The molecular weight excluding hydrogens is 310 g/mol. The Bertz CT molecular complexity index is 603. The molecule has 0 fully saturated rings. The summed E-state index contributed by atoms with van der Waals surface area (Å²) in [6.07, 6.45) is 0. The Hall–Kier alpha value is -1.64. The number of aliphatic hydroxyl groups is 1. The third kappa shape index (κ3) is 5.28. The zero-order valence-corrected chi connectivity index (χ0v) is 13.8. The molecule has 8 heteroatoms. The van der Waals surface area contributed by atoms with Crippen LogP contribution in [-0.2, 0) is 19.6 Å². The van der Waals surface area contributed by atoms with Crippen molar-refractivity contribution in [3.63, 3.8) is 0 Å². The lowest BCUT2D eigenvalue weighted by atomic mass is 10.2. The first-order valence-electron chi connectivity index (χ1n) is 6.59. The summed E-state index contributed by atoms with van der Waals surface area (Å²) in [5.41, 5.74) is -0.782. The minimum absolute atomic E-state index is 0.0460. The Morgan fingerprint density at radius 3 is 2.23 bits per heavy atom. The summed E-state index contributed by atoms with van der Waals surface area (Å²) >= 11 is 0. The number of nitrogens with one attached hydrogen (secondary N) is 1. The molecule has 0 amide bonds. The van der Waals surface area contributed by atoms with E-state index in [0.29, 0.717) is 5.75 Å². The maximum absolute atomic E-state index is 12.2. The highest BCUT2D eigenvalue weighted by Gasteiger charge is 2.29. The predicted octanol–water partition coefficient (Wildman–Crippen LogP) is 0.676. The molecule has 1 atom stereocenters. The zero-order chi connectivity index (χ0) is 17.0. The zero-order valence-electron chi connectivity index (χ0n) is 13.0.